The van der Waals surface area contributed by atoms with E-state index in [4.69, 9.17) is 11.6 Å². The smallest absolute Gasteiger partial charge is 0.242 e. The third-order valence-corrected chi connectivity index (χ3v) is 8.35. The zero-order chi connectivity index (χ0) is 22.3. The van der Waals surface area contributed by atoms with Gasteiger partial charge in [0.25, 0.3) is 0 Å². The number of amides is 1. The fourth-order valence-electron chi connectivity index (χ4n) is 3.43. The van der Waals surface area contributed by atoms with Crippen LogP contribution in [-0.4, -0.2) is 43.2 Å². The number of thiophene rings is 1. The van der Waals surface area contributed by atoms with Gasteiger partial charge in [-0.1, -0.05) is 11.6 Å². The number of nitrogens with zero attached hydrogens (tertiary/aromatic N) is 3. The Hall–Kier alpha value is -2.24. The van der Waals surface area contributed by atoms with E-state index < -0.39 is 21.8 Å². The number of hydrogen-bond acceptors (Lipinski definition) is 4. The molecule has 1 aromatic carbocycles. The third kappa shape index (κ3) is 4.53. The normalized spacial score (nSPS) is 24.3. The first-order chi connectivity index (χ1) is 14.6. The molecule has 7 nitrogen and oxygen atoms in total. The lowest BCUT2D eigenvalue weighted by Crippen LogP contribution is -2.55. The van der Waals surface area contributed by atoms with Crippen molar-refractivity contribution in [2.24, 2.45) is 7.05 Å². The van der Waals surface area contributed by atoms with Gasteiger partial charge in [-0.15, -0.1) is 11.3 Å². The van der Waals surface area contributed by atoms with Crippen LogP contribution in [0.25, 0.3) is 11.1 Å². The van der Waals surface area contributed by atoms with E-state index in [9.17, 15) is 13.4 Å². The first-order valence-electron chi connectivity index (χ1n) is 9.35. The predicted octanol–water partition coefficient (Wildman–Crippen LogP) is 3.46. The molecule has 0 bridgehead atoms. The molecule has 0 aliphatic carbocycles. The van der Waals surface area contributed by atoms with E-state index in [1.54, 1.807) is 17.9 Å². The van der Waals surface area contributed by atoms with E-state index in [0.717, 1.165) is 16.0 Å². The number of hydrogen-bond donors (Lipinski definition) is 2. The Balaban J connectivity index is 1.57. The van der Waals surface area contributed by atoms with Crippen LogP contribution >= 0.6 is 22.9 Å². The zero-order valence-corrected chi connectivity index (χ0v) is 19.2. The molecule has 2 aromatic heterocycles. The standard InChI is InChI=1S/C20H21ClFN5O2S2/c1-26-10-13(9-23-26)12-6-19(30-11-12)17-8-18(27(2)31(3,29)25-17)20(28)24-14-4-5-16(22)15(21)7-14/h4-7,9-11,17-18H,3,8H2,1-2H3,(H,24,28)(H,25,29). The number of halogens is 2. The van der Waals surface area contributed by atoms with Crippen LogP contribution in [-0.2, 0) is 21.7 Å². The number of benzene rings is 1. The van der Waals surface area contributed by atoms with Crippen molar-refractivity contribution in [2.75, 3.05) is 12.4 Å². The SMILES string of the molecule is C=S1(=O)NC(c2cc(-c3cnn(C)c3)cs2)CC(C(=O)Nc2ccc(F)c(Cl)c2)N1C. The molecule has 31 heavy (non-hydrogen) atoms. The van der Waals surface area contributed by atoms with Crippen LogP contribution in [0.3, 0.4) is 0 Å². The fourth-order valence-corrected chi connectivity index (χ4v) is 6.10. The summed E-state index contributed by atoms with van der Waals surface area (Å²) in [6, 6.07) is 4.94. The summed E-state index contributed by atoms with van der Waals surface area (Å²) in [5.41, 5.74) is 2.35. The number of rotatable bonds is 4. The molecule has 3 unspecified atom stereocenters. The molecule has 4 rings (SSSR count). The van der Waals surface area contributed by atoms with Gasteiger partial charge in [0.15, 0.2) is 0 Å². The molecule has 3 heterocycles. The first kappa shape index (κ1) is 22.0. The minimum Gasteiger partial charge on any atom is -0.325 e. The molecule has 0 radical (unpaired) electrons. The van der Waals surface area contributed by atoms with E-state index >= 15 is 0 Å². The minimum atomic E-state index is -2.88. The van der Waals surface area contributed by atoms with Gasteiger partial charge in [0.05, 0.1) is 27.2 Å². The monoisotopic (exact) mass is 481 g/mol. The molecule has 1 amide bonds. The fraction of sp³-hybridized carbons (Fsp3) is 0.250. The summed E-state index contributed by atoms with van der Waals surface area (Å²) in [6.07, 6.45) is 4.09. The van der Waals surface area contributed by atoms with Crippen molar-refractivity contribution >= 4 is 50.3 Å². The average Bonchev–Trinajstić information content (AvgIpc) is 3.35. The average molecular weight is 482 g/mol. The van der Waals surface area contributed by atoms with Gasteiger partial charge in [0.2, 0.25) is 5.91 Å². The van der Waals surface area contributed by atoms with Crippen molar-refractivity contribution in [3.05, 3.63) is 57.8 Å². The van der Waals surface area contributed by atoms with Gasteiger partial charge in [-0.05, 0) is 47.5 Å². The van der Waals surface area contributed by atoms with E-state index in [1.807, 2.05) is 24.7 Å². The number of aromatic nitrogens is 2. The largest absolute Gasteiger partial charge is 0.325 e. The number of aryl methyl sites for hydroxylation is 1. The zero-order valence-electron chi connectivity index (χ0n) is 16.8. The molecule has 1 saturated heterocycles. The minimum absolute atomic E-state index is 0.0863. The summed E-state index contributed by atoms with van der Waals surface area (Å²) in [5.74, 6) is 2.87. The molecule has 0 spiro atoms. The molecule has 1 fully saturated rings. The molecule has 11 heteroatoms. The van der Waals surface area contributed by atoms with Crippen molar-refractivity contribution in [2.45, 2.75) is 18.5 Å². The summed E-state index contributed by atoms with van der Waals surface area (Å²) in [6.45, 7) is 0. The summed E-state index contributed by atoms with van der Waals surface area (Å²) < 4.78 is 32.8. The van der Waals surface area contributed by atoms with Crippen molar-refractivity contribution < 1.29 is 13.4 Å². The lowest BCUT2D eigenvalue weighted by atomic mass is 10.0. The first-order valence-corrected chi connectivity index (χ1v) is 12.3. The maximum atomic E-state index is 13.4. The van der Waals surface area contributed by atoms with Gasteiger partial charge in [0.1, 0.15) is 11.9 Å². The highest BCUT2D eigenvalue weighted by Crippen LogP contribution is 2.35. The maximum Gasteiger partial charge on any atom is 0.242 e. The van der Waals surface area contributed by atoms with Gasteiger partial charge >= 0.3 is 0 Å². The molecule has 3 aromatic rings. The number of anilines is 1. The quantitative estimate of drug-likeness (QED) is 0.560. The Morgan fingerprint density at radius 3 is 2.84 bits per heavy atom. The maximum absolute atomic E-state index is 13.4. The number of carbonyl (C=O) groups is 1. The highest BCUT2D eigenvalue weighted by atomic mass is 35.5. The summed E-state index contributed by atoms with van der Waals surface area (Å²) in [5, 5.41) is 8.85. The van der Waals surface area contributed by atoms with Crippen molar-refractivity contribution in [3.8, 4) is 11.1 Å². The lowest BCUT2D eigenvalue weighted by molar-refractivity contribution is -0.120. The topological polar surface area (TPSA) is 79.3 Å². The molecular formula is C20H21ClFN5O2S2. The highest BCUT2D eigenvalue weighted by Gasteiger charge is 2.38. The molecule has 3 atom stereocenters. The predicted molar refractivity (Wildman–Crippen MR) is 124 cm³/mol. The lowest BCUT2D eigenvalue weighted by Gasteiger charge is -2.39. The summed E-state index contributed by atoms with van der Waals surface area (Å²) in [7, 11) is 0.560. The van der Waals surface area contributed by atoms with Crippen LogP contribution in [0.4, 0.5) is 10.1 Å². The molecule has 164 valence electrons. The molecule has 0 saturated carbocycles. The van der Waals surface area contributed by atoms with Crippen molar-refractivity contribution in [1.82, 2.24) is 18.8 Å². The Labute approximate surface area is 189 Å². The molecule has 1 aliphatic heterocycles. The van der Waals surface area contributed by atoms with Gasteiger partial charge < -0.3 is 5.32 Å². The van der Waals surface area contributed by atoms with Crippen molar-refractivity contribution in [1.29, 1.82) is 0 Å². The van der Waals surface area contributed by atoms with E-state index in [1.165, 1.54) is 33.8 Å². The van der Waals surface area contributed by atoms with Crippen LogP contribution < -0.4 is 10.0 Å². The van der Waals surface area contributed by atoms with E-state index in [2.05, 4.69) is 21.0 Å². The second-order valence-corrected chi connectivity index (χ2v) is 10.8. The van der Waals surface area contributed by atoms with Crippen molar-refractivity contribution in [3.63, 3.8) is 0 Å². The third-order valence-electron chi connectivity index (χ3n) is 5.18. The van der Waals surface area contributed by atoms with Gasteiger partial charge in [0, 0.05) is 36.4 Å². The summed E-state index contributed by atoms with van der Waals surface area (Å²) >= 11 is 7.33. The molecule has 1 aliphatic rings. The van der Waals surface area contributed by atoms with Crippen LogP contribution in [0.1, 0.15) is 17.3 Å². The van der Waals surface area contributed by atoms with Gasteiger partial charge in [-0.2, -0.15) is 5.10 Å². The van der Waals surface area contributed by atoms with Crippen LogP contribution in [0.15, 0.2) is 42.0 Å². The van der Waals surface area contributed by atoms with E-state index in [0.29, 0.717) is 12.1 Å². The second-order valence-electron chi connectivity index (χ2n) is 7.37. The Kier molecular flexibility index (Phi) is 5.93. The highest BCUT2D eigenvalue weighted by molar-refractivity contribution is 7.96. The molecular weight excluding hydrogens is 461 g/mol. The summed E-state index contributed by atoms with van der Waals surface area (Å²) in [4.78, 5) is 13.9. The Morgan fingerprint density at radius 2 is 2.16 bits per heavy atom. The van der Waals surface area contributed by atoms with Crippen LogP contribution in [0.5, 0.6) is 0 Å². The number of nitrogens with one attached hydrogen (secondary N) is 2. The second kappa shape index (κ2) is 8.36. The Morgan fingerprint density at radius 1 is 1.39 bits per heavy atom. The Bertz CT molecular complexity index is 1240. The van der Waals surface area contributed by atoms with Crippen LogP contribution in [0, 0.1) is 5.82 Å². The van der Waals surface area contributed by atoms with Gasteiger partial charge in [-0.25, -0.2) is 17.6 Å². The van der Waals surface area contributed by atoms with Crippen LogP contribution in [0.2, 0.25) is 5.02 Å². The molecule has 2 N–H and O–H groups in total. The number of carbonyl (C=O) groups excluding carboxylic acids is 1. The van der Waals surface area contributed by atoms with Gasteiger partial charge in [-0.3, -0.25) is 9.48 Å². The van der Waals surface area contributed by atoms with E-state index in [-0.39, 0.29) is 17.0 Å². The number of likely N-dealkylation sites (N-methyl/N-ethyl adjacent to an activating group) is 1.